The zero-order valence-electron chi connectivity index (χ0n) is 24.6. The van der Waals surface area contributed by atoms with E-state index in [0.29, 0.717) is 23.8 Å². The predicted molar refractivity (Wildman–Crippen MR) is 169 cm³/mol. The average Bonchev–Trinajstić information content (AvgIpc) is 2.91. The third kappa shape index (κ3) is 13.4. The van der Waals surface area contributed by atoms with Crippen LogP contribution in [-0.4, -0.2) is 61.9 Å². The van der Waals surface area contributed by atoms with E-state index in [-0.39, 0.29) is 25.0 Å². The van der Waals surface area contributed by atoms with Gasteiger partial charge in [-0.2, -0.15) is 16.8 Å². The Bertz CT molecular complexity index is 1760. The summed E-state index contributed by atoms with van der Waals surface area (Å²) in [6.45, 7) is 4.20. The highest BCUT2D eigenvalue weighted by molar-refractivity contribution is 7.85. The van der Waals surface area contributed by atoms with Gasteiger partial charge in [-0.05, 0) is 60.2 Å². The van der Waals surface area contributed by atoms with Crippen LogP contribution in [0.3, 0.4) is 0 Å². The molecule has 0 bridgehead atoms. The van der Waals surface area contributed by atoms with Crippen molar-refractivity contribution in [2.24, 2.45) is 5.73 Å². The molecule has 4 aromatic rings. The number of aromatic nitrogens is 1. The summed E-state index contributed by atoms with van der Waals surface area (Å²) in [5.41, 5.74) is 10.8. The second-order valence-corrected chi connectivity index (χ2v) is 12.7. The Labute approximate surface area is 256 Å². The van der Waals surface area contributed by atoms with Crippen molar-refractivity contribution in [1.29, 1.82) is 0 Å². The number of hydrogen-bond acceptors (Lipinski definition) is 9. The number of benzene rings is 3. The first-order chi connectivity index (χ1) is 20.4. The quantitative estimate of drug-likeness (QED) is 0.168. The van der Waals surface area contributed by atoms with Gasteiger partial charge in [0.15, 0.2) is 0 Å². The number of rotatable bonds is 7. The molecule has 0 radical (unpaired) electrons. The lowest BCUT2D eigenvalue weighted by Gasteiger charge is -2.16. The summed E-state index contributed by atoms with van der Waals surface area (Å²) in [5.74, 6) is -1.03. The van der Waals surface area contributed by atoms with Crippen molar-refractivity contribution in [3.8, 4) is 0 Å². The fourth-order valence-electron chi connectivity index (χ4n) is 3.90. The fraction of sp³-hybridized carbons (Fsp3) is 0.233. The first-order valence-electron chi connectivity index (χ1n) is 13.0. The first kappa shape index (κ1) is 36.0. The van der Waals surface area contributed by atoms with Gasteiger partial charge in [0.1, 0.15) is 6.61 Å². The van der Waals surface area contributed by atoms with Crippen molar-refractivity contribution in [3.63, 3.8) is 0 Å². The Hall–Kier alpha value is -4.21. The number of pyridine rings is 1. The highest BCUT2D eigenvalue weighted by Gasteiger charge is 2.19. The standard InChI is InChI=1S/C28H27N3O3.2CH4O3S/c1-18-3-10-25(19(2)13-18)28(33)34-17-20-4-6-21(7-5-20)26(15-29)27(32)31-24-9-8-23-16-30-12-11-22(23)14-24;2*1-5(2,3)4/h3-14,16,26H,15,17,29H2,1-2H3,(H,31,32);2*1H3,(H,2,3,4)/t26-;;/m0../s1. The number of anilines is 1. The number of nitrogens with one attached hydrogen (secondary N) is 1. The summed E-state index contributed by atoms with van der Waals surface area (Å²) in [6.07, 6.45) is 4.93. The van der Waals surface area contributed by atoms with E-state index in [9.17, 15) is 26.4 Å². The third-order valence-corrected chi connectivity index (χ3v) is 5.81. The molecule has 3 aromatic carbocycles. The van der Waals surface area contributed by atoms with E-state index in [4.69, 9.17) is 19.6 Å². The van der Waals surface area contributed by atoms with Crippen molar-refractivity contribution in [3.05, 3.63) is 107 Å². The van der Waals surface area contributed by atoms with Crippen molar-refractivity contribution in [2.75, 3.05) is 24.4 Å². The summed E-state index contributed by atoms with van der Waals surface area (Å²) >= 11 is 0. The molecular formula is C30H35N3O9S2. The minimum atomic E-state index is -3.67. The van der Waals surface area contributed by atoms with Crippen LogP contribution in [0.4, 0.5) is 5.69 Å². The summed E-state index contributed by atoms with van der Waals surface area (Å²) in [6, 6.07) is 20.6. The average molecular weight is 646 g/mol. The molecule has 5 N–H and O–H groups in total. The van der Waals surface area contributed by atoms with E-state index in [1.807, 2.05) is 74.5 Å². The Morgan fingerprint density at radius 2 is 1.50 bits per heavy atom. The van der Waals surface area contributed by atoms with Gasteiger partial charge < -0.3 is 15.8 Å². The third-order valence-electron chi connectivity index (χ3n) is 5.81. The van der Waals surface area contributed by atoms with E-state index in [0.717, 1.165) is 33.0 Å². The maximum absolute atomic E-state index is 12.9. The number of carbonyl (C=O) groups is 2. The van der Waals surface area contributed by atoms with Crippen LogP contribution in [0.1, 0.15) is 38.5 Å². The predicted octanol–water partition coefficient (Wildman–Crippen LogP) is 3.90. The van der Waals surface area contributed by atoms with Crippen LogP contribution < -0.4 is 11.1 Å². The van der Waals surface area contributed by atoms with Gasteiger partial charge in [-0.25, -0.2) is 4.79 Å². The molecule has 44 heavy (non-hydrogen) atoms. The molecule has 0 saturated carbocycles. The molecule has 1 heterocycles. The zero-order valence-corrected chi connectivity index (χ0v) is 26.2. The Morgan fingerprint density at radius 1 is 0.886 bits per heavy atom. The smallest absolute Gasteiger partial charge is 0.338 e. The van der Waals surface area contributed by atoms with E-state index in [2.05, 4.69) is 10.3 Å². The number of ether oxygens (including phenoxy) is 1. The molecule has 12 nitrogen and oxygen atoms in total. The molecule has 0 spiro atoms. The highest BCUT2D eigenvalue weighted by atomic mass is 32.2. The summed E-state index contributed by atoms with van der Waals surface area (Å²) < 4.78 is 57.2. The van der Waals surface area contributed by atoms with Crippen molar-refractivity contribution in [2.45, 2.75) is 26.4 Å². The Morgan fingerprint density at radius 3 is 2.07 bits per heavy atom. The molecule has 1 amide bonds. The van der Waals surface area contributed by atoms with Crippen LogP contribution in [0.15, 0.2) is 79.1 Å². The minimum Gasteiger partial charge on any atom is -0.457 e. The number of carbonyl (C=O) groups excluding carboxylic acids is 2. The van der Waals surface area contributed by atoms with E-state index >= 15 is 0 Å². The summed E-state index contributed by atoms with van der Waals surface area (Å²) in [4.78, 5) is 29.4. The fourth-order valence-corrected chi connectivity index (χ4v) is 3.90. The number of hydrogen-bond donors (Lipinski definition) is 4. The highest BCUT2D eigenvalue weighted by Crippen LogP contribution is 2.22. The Kier molecular flexibility index (Phi) is 13.1. The van der Waals surface area contributed by atoms with Gasteiger partial charge in [0, 0.05) is 30.0 Å². The lowest BCUT2D eigenvalue weighted by atomic mass is 9.97. The van der Waals surface area contributed by atoms with Crippen LogP contribution in [0, 0.1) is 13.8 Å². The minimum absolute atomic E-state index is 0.151. The first-order valence-corrected chi connectivity index (χ1v) is 16.7. The zero-order chi connectivity index (χ0) is 33.1. The molecule has 236 valence electrons. The maximum atomic E-state index is 12.9. The van der Waals surface area contributed by atoms with Gasteiger partial charge in [-0.3, -0.25) is 18.9 Å². The molecule has 1 atom stereocenters. The number of amides is 1. The van der Waals surface area contributed by atoms with Crippen LogP contribution in [-0.2, 0) is 36.4 Å². The van der Waals surface area contributed by atoms with Crippen molar-refractivity contribution >= 4 is 48.6 Å². The molecular weight excluding hydrogens is 610 g/mol. The van der Waals surface area contributed by atoms with Gasteiger partial charge in [-0.15, -0.1) is 0 Å². The van der Waals surface area contributed by atoms with Crippen LogP contribution in [0.25, 0.3) is 10.8 Å². The monoisotopic (exact) mass is 645 g/mol. The van der Waals surface area contributed by atoms with E-state index in [1.165, 1.54) is 0 Å². The van der Waals surface area contributed by atoms with Gasteiger partial charge in [0.25, 0.3) is 20.2 Å². The van der Waals surface area contributed by atoms with Crippen LogP contribution >= 0.6 is 0 Å². The normalized spacial score (nSPS) is 11.7. The lowest BCUT2D eigenvalue weighted by molar-refractivity contribution is -0.117. The summed E-state index contributed by atoms with van der Waals surface area (Å²) in [7, 11) is -7.33. The van der Waals surface area contributed by atoms with Crippen molar-refractivity contribution in [1.82, 2.24) is 4.98 Å². The van der Waals surface area contributed by atoms with Gasteiger partial charge in [0.05, 0.1) is 24.0 Å². The largest absolute Gasteiger partial charge is 0.457 e. The summed E-state index contributed by atoms with van der Waals surface area (Å²) in [5, 5.41) is 4.96. The number of esters is 1. The molecule has 0 aliphatic carbocycles. The second kappa shape index (κ2) is 16.0. The lowest BCUT2D eigenvalue weighted by Crippen LogP contribution is -2.27. The molecule has 0 aliphatic heterocycles. The van der Waals surface area contributed by atoms with Crippen LogP contribution in [0.2, 0.25) is 0 Å². The molecule has 0 saturated heterocycles. The number of aryl methyl sites for hydroxylation is 2. The van der Waals surface area contributed by atoms with Crippen LogP contribution in [0.5, 0.6) is 0 Å². The molecule has 14 heteroatoms. The SMILES string of the molecule is CS(=O)(=O)O.CS(=O)(=O)O.Cc1ccc(C(=O)OCc2ccc([C@H](CN)C(=O)Nc3ccc4cnccc4c3)cc2)c(C)c1. The molecule has 1 aromatic heterocycles. The van der Waals surface area contributed by atoms with Gasteiger partial charge in [-0.1, -0.05) is 48.0 Å². The number of fused-ring (bicyclic) bond motifs is 1. The van der Waals surface area contributed by atoms with Gasteiger partial charge >= 0.3 is 5.97 Å². The van der Waals surface area contributed by atoms with E-state index < -0.39 is 26.2 Å². The maximum Gasteiger partial charge on any atom is 0.338 e. The Balaban J connectivity index is 0.000000586. The molecule has 4 rings (SSSR count). The molecule has 0 fully saturated rings. The number of nitrogens with two attached hydrogens (primary N) is 1. The second-order valence-electron chi connectivity index (χ2n) is 9.82. The molecule has 0 unspecified atom stereocenters. The number of nitrogens with zero attached hydrogens (tertiary/aromatic N) is 1. The van der Waals surface area contributed by atoms with E-state index in [1.54, 1.807) is 18.5 Å². The van der Waals surface area contributed by atoms with Crippen molar-refractivity contribution < 1.29 is 40.3 Å². The van der Waals surface area contributed by atoms with Gasteiger partial charge in [0.2, 0.25) is 5.91 Å². The molecule has 0 aliphatic rings. The topological polar surface area (TPSA) is 203 Å².